The minimum atomic E-state index is 0.189. The molecular weight excluding hydrogens is 260 g/mol. The van der Waals surface area contributed by atoms with Gasteiger partial charge in [0.25, 0.3) is 5.91 Å². The molecule has 1 atom stereocenters. The monoisotopic (exact) mass is 288 g/mol. The molecule has 1 heterocycles. The molecule has 1 amide bonds. The Kier molecular flexibility index (Phi) is 6.09. The molecular formula is C18H28N2O. The fourth-order valence-corrected chi connectivity index (χ4v) is 2.96. The van der Waals surface area contributed by atoms with Crippen molar-refractivity contribution in [3.05, 3.63) is 29.8 Å². The first-order chi connectivity index (χ1) is 10.2. The number of nitrogens with zero attached hydrogens (tertiary/aromatic N) is 1. The minimum absolute atomic E-state index is 0.189. The second kappa shape index (κ2) is 8.06. The van der Waals surface area contributed by atoms with E-state index in [1.165, 1.54) is 12.8 Å². The highest BCUT2D eigenvalue weighted by atomic mass is 16.2. The summed E-state index contributed by atoms with van der Waals surface area (Å²) in [7, 11) is 0. The third-order valence-corrected chi connectivity index (χ3v) is 4.42. The van der Waals surface area contributed by atoms with Crippen molar-refractivity contribution in [1.82, 2.24) is 4.90 Å². The van der Waals surface area contributed by atoms with E-state index in [-0.39, 0.29) is 5.91 Å². The Morgan fingerprint density at radius 1 is 1.19 bits per heavy atom. The van der Waals surface area contributed by atoms with Crippen LogP contribution in [0.1, 0.15) is 56.3 Å². The maximum Gasteiger partial charge on any atom is 0.253 e. The van der Waals surface area contributed by atoms with Crippen LogP contribution in [0.3, 0.4) is 0 Å². The van der Waals surface area contributed by atoms with E-state index in [1.807, 2.05) is 29.2 Å². The van der Waals surface area contributed by atoms with Crippen LogP contribution in [0.2, 0.25) is 0 Å². The van der Waals surface area contributed by atoms with E-state index in [0.29, 0.717) is 0 Å². The van der Waals surface area contributed by atoms with Crippen LogP contribution in [0, 0.1) is 5.92 Å². The lowest BCUT2D eigenvalue weighted by atomic mass is 9.98. The second-order valence-corrected chi connectivity index (χ2v) is 6.00. The molecule has 1 fully saturated rings. The Morgan fingerprint density at radius 3 is 2.62 bits per heavy atom. The largest absolute Gasteiger partial charge is 0.385 e. The van der Waals surface area contributed by atoms with Gasteiger partial charge in [-0.05, 0) is 55.9 Å². The van der Waals surface area contributed by atoms with Gasteiger partial charge in [-0.15, -0.1) is 0 Å². The van der Waals surface area contributed by atoms with Gasteiger partial charge in [0.2, 0.25) is 0 Å². The molecule has 2 rings (SSSR count). The Balaban J connectivity index is 1.95. The molecule has 1 unspecified atom stereocenters. The van der Waals surface area contributed by atoms with Crippen LogP contribution in [0.5, 0.6) is 0 Å². The van der Waals surface area contributed by atoms with Gasteiger partial charge >= 0.3 is 0 Å². The van der Waals surface area contributed by atoms with Gasteiger partial charge in [0.15, 0.2) is 0 Å². The molecule has 21 heavy (non-hydrogen) atoms. The lowest BCUT2D eigenvalue weighted by molar-refractivity contribution is 0.0760. The maximum absolute atomic E-state index is 12.6. The topological polar surface area (TPSA) is 32.3 Å². The summed E-state index contributed by atoms with van der Waals surface area (Å²) in [6, 6.07) is 7.91. The van der Waals surface area contributed by atoms with Crippen molar-refractivity contribution in [2.75, 3.05) is 25.0 Å². The summed E-state index contributed by atoms with van der Waals surface area (Å²) in [5.74, 6) is 0.984. The van der Waals surface area contributed by atoms with Crippen LogP contribution in [-0.2, 0) is 0 Å². The first kappa shape index (κ1) is 15.9. The molecule has 0 radical (unpaired) electrons. The number of anilines is 1. The fourth-order valence-electron chi connectivity index (χ4n) is 2.96. The summed E-state index contributed by atoms with van der Waals surface area (Å²) < 4.78 is 0. The number of hydrogen-bond donors (Lipinski definition) is 1. The first-order valence-corrected chi connectivity index (χ1v) is 8.37. The Labute approximate surface area is 128 Å². The van der Waals surface area contributed by atoms with Crippen molar-refractivity contribution in [2.24, 2.45) is 5.92 Å². The Hall–Kier alpha value is -1.51. The second-order valence-electron chi connectivity index (χ2n) is 6.00. The number of carbonyl (C=O) groups is 1. The summed E-state index contributed by atoms with van der Waals surface area (Å²) in [5.41, 5.74) is 1.90. The SMILES string of the molecule is CCCNc1ccc(C(=O)N2CCCC(CC)CC2)cc1. The lowest BCUT2D eigenvalue weighted by Crippen LogP contribution is -2.32. The predicted molar refractivity (Wildman–Crippen MR) is 88.8 cm³/mol. The fraction of sp³-hybridized carbons (Fsp3) is 0.611. The van der Waals surface area contributed by atoms with Crippen LogP contribution in [0.25, 0.3) is 0 Å². The van der Waals surface area contributed by atoms with E-state index in [4.69, 9.17) is 0 Å². The third-order valence-electron chi connectivity index (χ3n) is 4.42. The molecule has 1 aromatic rings. The minimum Gasteiger partial charge on any atom is -0.385 e. The molecule has 1 saturated heterocycles. The molecule has 0 saturated carbocycles. The van der Waals surface area contributed by atoms with Gasteiger partial charge in [0.05, 0.1) is 0 Å². The maximum atomic E-state index is 12.6. The highest BCUT2D eigenvalue weighted by Crippen LogP contribution is 2.21. The zero-order chi connectivity index (χ0) is 15.1. The zero-order valence-corrected chi connectivity index (χ0v) is 13.4. The van der Waals surface area contributed by atoms with Gasteiger partial charge in [0.1, 0.15) is 0 Å². The van der Waals surface area contributed by atoms with Gasteiger partial charge in [-0.3, -0.25) is 4.79 Å². The third kappa shape index (κ3) is 4.48. The highest BCUT2D eigenvalue weighted by Gasteiger charge is 2.20. The van der Waals surface area contributed by atoms with Crippen molar-refractivity contribution in [3.8, 4) is 0 Å². The summed E-state index contributed by atoms with van der Waals surface area (Å²) in [5, 5.41) is 3.34. The van der Waals surface area contributed by atoms with Crippen LogP contribution in [-0.4, -0.2) is 30.4 Å². The summed E-state index contributed by atoms with van der Waals surface area (Å²) in [4.78, 5) is 14.6. The quantitative estimate of drug-likeness (QED) is 0.882. The van der Waals surface area contributed by atoms with Crippen molar-refractivity contribution in [3.63, 3.8) is 0 Å². The van der Waals surface area contributed by atoms with Crippen molar-refractivity contribution in [2.45, 2.75) is 46.0 Å². The molecule has 0 aliphatic carbocycles. The molecule has 3 heteroatoms. The van der Waals surface area contributed by atoms with Crippen molar-refractivity contribution >= 4 is 11.6 Å². The van der Waals surface area contributed by atoms with Gasteiger partial charge in [-0.25, -0.2) is 0 Å². The number of likely N-dealkylation sites (tertiary alicyclic amines) is 1. The molecule has 1 aliphatic rings. The van der Waals surface area contributed by atoms with E-state index in [0.717, 1.165) is 56.1 Å². The molecule has 1 aromatic carbocycles. The number of amides is 1. The molecule has 0 bridgehead atoms. The number of rotatable bonds is 5. The van der Waals surface area contributed by atoms with Crippen LogP contribution < -0.4 is 5.32 Å². The summed E-state index contributed by atoms with van der Waals surface area (Å²) >= 11 is 0. The number of carbonyl (C=O) groups excluding carboxylic acids is 1. The van der Waals surface area contributed by atoms with Crippen LogP contribution >= 0.6 is 0 Å². The lowest BCUT2D eigenvalue weighted by Gasteiger charge is -2.21. The highest BCUT2D eigenvalue weighted by molar-refractivity contribution is 5.94. The van der Waals surface area contributed by atoms with Gasteiger partial charge in [0, 0.05) is 30.9 Å². The van der Waals surface area contributed by atoms with E-state index in [1.54, 1.807) is 0 Å². The van der Waals surface area contributed by atoms with Gasteiger partial charge < -0.3 is 10.2 Å². The van der Waals surface area contributed by atoms with E-state index in [9.17, 15) is 4.79 Å². The number of nitrogens with one attached hydrogen (secondary N) is 1. The predicted octanol–water partition coefficient (Wildman–Crippen LogP) is 4.16. The Morgan fingerprint density at radius 2 is 1.95 bits per heavy atom. The van der Waals surface area contributed by atoms with Crippen molar-refractivity contribution in [1.29, 1.82) is 0 Å². The zero-order valence-electron chi connectivity index (χ0n) is 13.4. The normalized spacial score (nSPS) is 19.1. The first-order valence-electron chi connectivity index (χ1n) is 8.37. The summed E-state index contributed by atoms with van der Waals surface area (Å²) in [6.45, 7) is 7.19. The molecule has 116 valence electrons. The van der Waals surface area contributed by atoms with Gasteiger partial charge in [-0.2, -0.15) is 0 Å². The average molecular weight is 288 g/mol. The molecule has 3 nitrogen and oxygen atoms in total. The number of benzene rings is 1. The molecule has 1 N–H and O–H groups in total. The number of hydrogen-bond acceptors (Lipinski definition) is 2. The van der Waals surface area contributed by atoms with E-state index >= 15 is 0 Å². The average Bonchev–Trinajstić information content (AvgIpc) is 2.78. The van der Waals surface area contributed by atoms with Crippen molar-refractivity contribution < 1.29 is 4.79 Å². The summed E-state index contributed by atoms with van der Waals surface area (Å²) in [6.07, 6.45) is 5.89. The van der Waals surface area contributed by atoms with E-state index < -0.39 is 0 Å². The van der Waals surface area contributed by atoms with Crippen LogP contribution in [0.15, 0.2) is 24.3 Å². The Bertz CT molecular complexity index is 441. The van der Waals surface area contributed by atoms with Gasteiger partial charge in [-0.1, -0.05) is 20.3 Å². The van der Waals surface area contributed by atoms with E-state index in [2.05, 4.69) is 19.2 Å². The smallest absolute Gasteiger partial charge is 0.253 e. The molecule has 0 aromatic heterocycles. The molecule has 0 spiro atoms. The van der Waals surface area contributed by atoms with Crippen LogP contribution in [0.4, 0.5) is 5.69 Å². The molecule has 1 aliphatic heterocycles. The standard InChI is InChI=1S/C18H28N2O/c1-3-12-19-17-9-7-16(8-10-17)18(21)20-13-5-6-15(4-2)11-14-20/h7-10,15,19H,3-6,11-14H2,1-2H3.